The first kappa shape index (κ1) is 56.2. The van der Waals surface area contributed by atoms with Crippen LogP contribution in [0.3, 0.4) is 0 Å². The number of phosphoric ester groups is 1. The van der Waals surface area contributed by atoms with Crippen molar-refractivity contribution >= 4 is 19.8 Å². The number of ether oxygens (including phenoxy) is 3. The zero-order valence-corrected chi connectivity index (χ0v) is 38.9. The molecule has 0 spiro atoms. The number of aliphatic hydroxyl groups excluding tert-OH is 2. The molecule has 0 radical (unpaired) electrons. The number of hydrogen-bond acceptors (Lipinski definition) is 10. The van der Waals surface area contributed by atoms with Crippen molar-refractivity contribution in [2.45, 2.75) is 225 Å². The molecule has 0 aromatic heterocycles. The Hall–Kier alpha value is -1.85. The maximum absolute atomic E-state index is 12.7. The summed E-state index contributed by atoms with van der Waals surface area (Å²) in [6.45, 7) is 4.64. The van der Waals surface area contributed by atoms with Crippen LogP contribution in [0.2, 0.25) is 0 Å². The van der Waals surface area contributed by atoms with E-state index < -0.39 is 51.8 Å². The van der Waals surface area contributed by atoms with Crippen LogP contribution in [0, 0.1) is 5.92 Å². The number of phosphoric acid groups is 1. The van der Waals surface area contributed by atoms with Crippen LogP contribution in [-0.4, -0.2) is 77.9 Å². The molecule has 12 heteroatoms. The van der Waals surface area contributed by atoms with Gasteiger partial charge in [-0.25, -0.2) is 4.57 Å². The number of esters is 2. The highest BCUT2D eigenvalue weighted by Gasteiger charge is 2.37. The van der Waals surface area contributed by atoms with Gasteiger partial charge >= 0.3 is 19.8 Å². The number of unbranched alkanes of at least 4 members (excludes halogenated alkanes) is 18. The van der Waals surface area contributed by atoms with E-state index >= 15 is 0 Å². The minimum Gasteiger partial charge on any atom is -0.462 e. The van der Waals surface area contributed by atoms with E-state index in [-0.39, 0.29) is 31.7 Å². The van der Waals surface area contributed by atoms with Gasteiger partial charge in [-0.3, -0.25) is 18.6 Å². The third kappa shape index (κ3) is 36.8. The largest absolute Gasteiger partial charge is 0.472 e. The van der Waals surface area contributed by atoms with Crippen LogP contribution in [0.1, 0.15) is 201 Å². The second-order valence-electron chi connectivity index (χ2n) is 17.0. The fraction of sp³-hybridized carbons (Fsp3) is 0.833. The number of allylic oxidation sites excluding steroid dienone is 5. The SMILES string of the molecule is CCCCC/C=C\C/C=C\C/C=C\CC1OC1CCCC(=O)O[C@H](COC(=O)CCCCCCCCCCCCCCCCCCC(C)C)COP(=O)(O)OC[C@@H](O)CO. The molecule has 5 atom stereocenters. The highest BCUT2D eigenvalue weighted by atomic mass is 31.2. The van der Waals surface area contributed by atoms with Crippen molar-refractivity contribution in [3.63, 3.8) is 0 Å². The second kappa shape index (κ2) is 38.8. The third-order valence-electron chi connectivity index (χ3n) is 10.6. The van der Waals surface area contributed by atoms with Crippen molar-refractivity contribution in [1.82, 2.24) is 0 Å². The van der Waals surface area contributed by atoms with Crippen molar-refractivity contribution in [2.24, 2.45) is 5.92 Å². The first-order valence-corrected chi connectivity index (χ1v) is 25.4. The molecule has 60 heavy (non-hydrogen) atoms. The number of rotatable bonds is 43. The van der Waals surface area contributed by atoms with Gasteiger partial charge in [0.25, 0.3) is 0 Å². The molecule has 3 N–H and O–H groups in total. The van der Waals surface area contributed by atoms with Crippen LogP contribution in [0.5, 0.6) is 0 Å². The Balaban J connectivity index is 2.25. The van der Waals surface area contributed by atoms with Crippen molar-refractivity contribution in [3.05, 3.63) is 36.5 Å². The number of epoxide rings is 1. The van der Waals surface area contributed by atoms with Crippen LogP contribution >= 0.6 is 7.82 Å². The maximum atomic E-state index is 12.7. The smallest absolute Gasteiger partial charge is 0.462 e. The van der Waals surface area contributed by atoms with Gasteiger partial charge in [0.1, 0.15) is 12.7 Å². The highest BCUT2D eigenvalue weighted by molar-refractivity contribution is 7.47. The third-order valence-corrected chi connectivity index (χ3v) is 11.6. The molecule has 1 aliphatic heterocycles. The molecule has 0 saturated carbocycles. The quantitative estimate of drug-likeness (QED) is 0.0176. The lowest BCUT2D eigenvalue weighted by atomic mass is 10.0. The van der Waals surface area contributed by atoms with Crippen LogP contribution in [-0.2, 0) is 37.4 Å². The van der Waals surface area contributed by atoms with E-state index in [4.69, 9.17) is 28.4 Å². The summed E-state index contributed by atoms with van der Waals surface area (Å²) in [5.41, 5.74) is 0. The summed E-state index contributed by atoms with van der Waals surface area (Å²) in [6, 6.07) is 0. The predicted octanol–water partition coefficient (Wildman–Crippen LogP) is 12.0. The molecule has 3 unspecified atom stereocenters. The molecule has 0 bridgehead atoms. The monoisotopic (exact) mass is 871 g/mol. The van der Waals surface area contributed by atoms with Gasteiger partial charge in [0.2, 0.25) is 0 Å². The van der Waals surface area contributed by atoms with Crippen molar-refractivity contribution < 1.29 is 52.5 Å². The van der Waals surface area contributed by atoms with E-state index in [1.165, 1.54) is 103 Å². The molecule has 11 nitrogen and oxygen atoms in total. The Morgan fingerprint density at radius 2 is 1.18 bits per heavy atom. The van der Waals surface area contributed by atoms with Gasteiger partial charge in [0.15, 0.2) is 6.10 Å². The lowest BCUT2D eigenvalue weighted by Crippen LogP contribution is -2.30. The fourth-order valence-electron chi connectivity index (χ4n) is 6.85. The summed E-state index contributed by atoms with van der Waals surface area (Å²) >= 11 is 0. The molecule has 1 saturated heterocycles. The summed E-state index contributed by atoms with van der Waals surface area (Å²) < 4.78 is 38.6. The Kier molecular flexibility index (Phi) is 36.3. The average Bonchev–Trinajstić information content (AvgIpc) is 3.98. The molecule has 350 valence electrons. The molecule has 1 heterocycles. The zero-order chi connectivity index (χ0) is 43.9. The predicted molar refractivity (Wildman–Crippen MR) is 242 cm³/mol. The molecule has 0 amide bonds. The molecule has 1 fully saturated rings. The van der Waals surface area contributed by atoms with E-state index in [9.17, 15) is 24.2 Å². The van der Waals surface area contributed by atoms with Crippen molar-refractivity contribution in [1.29, 1.82) is 0 Å². The minimum atomic E-state index is -4.64. The number of aliphatic hydroxyl groups is 2. The van der Waals surface area contributed by atoms with E-state index in [1.54, 1.807) is 0 Å². The van der Waals surface area contributed by atoms with Gasteiger partial charge in [-0.05, 0) is 57.3 Å². The molecule has 1 aliphatic rings. The van der Waals surface area contributed by atoms with Crippen LogP contribution in [0.4, 0.5) is 0 Å². The lowest BCUT2D eigenvalue weighted by molar-refractivity contribution is -0.161. The molecule has 0 aromatic rings. The summed E-state index contributed by atoms with van der Waals surface area (Å²) in [5.74, 6) is -0.163. The lowest BCUT2D eigenvalue weighted by Gasteiger charge is -2.20. The summed E-state index contributed by atoms with van der Waals surface area (Å²) in [4.78, 5) is 35.2. The van der Waals surface area contributed by atoms with Crippen LogP contribution in [0.15, 0.2) is 36.5 Å². The van der Waals surface area contributed by atoms with E-state index in [1.807, 2.05) is 0 Å². The number of hydrogen-bond donors (Lipinski definition) is 3. The second-order valence-corrected chi connectivity index (χ2v) is 18.5. The summed E-state index contributed by atoms with van der Waals surface area (Å²) in [6.07, 6.45) is 41.3. The van der Waals surface area contributed by atoms with Crippen LogP contribution in [0.25, 0.3) is 0 Å². The Morgan fingerprint density at radius 3 is 1.77 bits per heavy atom. The topological polar surface area (TPSA) is 161 Å². The maximum Gasteiger partial charge on any atom is 0.472 e. The summed E-state index contributed by atoms with van der Waals surface area (Å²) in [7, 11) is -4.64. The summed E-state index contributed by atoms with van der Waals surface area (Å²) in [5, 5.41) is 18.4. The van der Waals surface area contributed by atoms with E-state index in [0.29, 0.717) is 19.3 Å². The normalized spacial score (nSPS) is 17.5. The minimum absolute atomic E-state index is 0.0891. The van der Waals surface area contributed by atoms with Gasteiger partial charge in [0, 0.05) is 12.8 Å². The standard InChI is InChI=1S/C48H87O11P/c1-4-5-6-7-8-9-10-18-21-24-27-30-34-45-46(59-45)35-32-37-48(52)58-44(41-57-60(53,54)56-39-43(50)38-49)40-55-47(51)36-31-28-25-22-19-16-14-12-11-13-15-17-20-23-26-29-33-42(2)3/h8-9,18,21,27,30,42-46,49-50H,4-7,10-17,19-20,22-26,28-29,31-41H2,1-3H3,(H,53,54)/b9-8-,21-18-,30-27-/t43-,44+,45?,46?/m0/s1. The Bertz CT molecular complexity index is 1170. The van der Waals surface area contributed by atoms with Gasteiger partial charge in [-0.1, -0.05) is 173 Å². The van der Waals surface area contributed by atoms with E-state index in [2.05, 4.69) is 57.2 Å². The number of carbonyl (C=O) groups is 2. The van der Waals surface area contributed by atoms with Gasteiger partial charge in [-0.2, -0.15) is 0 Å². The number of carbonyl (C=O) groups excluding carboxylic acids is 2. The average molecular weight is 871 g/mol. The fourth-order valence-corrected chi connectivity index (χ4v) is 7.64. The molecular weight excluding hydrogens is 783 g/mol. The first-order chi connectivity index (χ1) is 29.1. The van der Waals surface area contributed by atoms with Crippen molar-refractivity contribution in [3.8, 4) is 0 Å². The Labute approximate surface area is 365 Å². The van der Waals surface area contributed by atoms with E-state index in [0.717, 1.165) is 50.9 Å². The Morgan fingerprint density at radius 1 is 0.650 bits per heavy atom. The van der Waals surface area contributed by atoms with Gasteiger partial charge in [-0.15, -0.1) is 0 Å². The molecule has 1 rings (SSSR count). The van der Waals surface area contributed by atoms with Crippen LogP contribution < -0.4 is 0 Å². The molecular formula is C48H87O11P. The zero-order valence-electron chi connectivity index (χ0n) is 38.0. The molecule has 0 aliphatic carbocycles. The first-order valence-electron chi connectivity index (χ1n) is 23.9. The van der Waals surface area contributed by atoms with Crippen molar-refractivity contribution in [2.75, 3.05) is 26.4 Å². The van der Waals surface area contributed by atoms with Gasteiger partial charge < -0.3 is 29.3 Å². The van der Waals surface area contributed by atoms with Gasteiger partial charge in [0.05, 0.1) is 32.0 Å². The molecule has 0 aromatic carbocycles. The highest BCUT2D eigenvalue weighted by Crippen LogP contribution is 2.43.